The third-order valence-electron chi connectivity index (χ3n) is 6.84. The first-order valence-corrected chi connectivity index (χ1v) is 13.0. The molecule has 204 valence electrons. The number of H-pyrrole nitrogens is 1. The summed E-state index contributed by atoms with van der Waals surface area (Å²) in [6.45, 7) is 8.99. The number of esters is 1. The lowest BCUT2D eigenvalue weighted by Gasteiger charge is -2.30. The number of aromatic amines is 1. The van der Waals surface area contributed by atoms with Gasteiger partial charge in [0.2, 0.25) is 6.79 Å². The molecule has 2 aromatic heterocycles. The summed E-state index contributed by atoms with van der Waals surface area (Å²) in [5, 5.41) is 13.2. The predicted octanol–water partition coefficient (Wildman–Crippen LogP) is 3.58. The predicted molar refractivity (Wildman–Crippen MR) is 143 cm³/mol. The second-order valence-corrected chi connectivity index (χ2v) is 9.69. The highest BCUT2D eigenvalue weighted by molar-refractivity contribution is 5.82. The molecule has 0 unspecified atom stereocenters. The Balaban J connectivity index is 1.53. The van der Waals surface area contributed by atoms with Gasteiger partial charge in [0.1, 0.15) is 6.54 Å². The molecule has 1 N–H and O–H groups in total. The average Bonchev–Trinajstić information content (AvgIpc) is 3.55. The van der Waals surface area contributed by atoms with Gasteiger partial charge in [-0.3, -0.25) is 14.5 Å². The van der Waals surface area contributed by atoms with E-state index in [0.29, 0.717) is 42.4 Å². The number of hydrogen-bond acceptors (Lipinski definition) is 9. The number of benzene rings is 2. The fraction of sp³-hybridized carbons (Fsp3) is 0.393. The number of pyridine rings is 1. The molecule has 1 atom stereocenters. The van der Waals surface area contributed by atoms with Gasteiger partial charge in [-0.25, -0.2) is 4.68 Å². The molecule has 0 radical (unpaired) electrons. The maximum absolute atomic E-state index is 13.3. The SMILES string of the molecule is CCOC(=O)Cn1nnnc1[C@H](CC)N(Cc1ccc2c(c1)OCO2)Cc1cc2cc(C)cc(C)c2[nH]c1=O. The monoisotopic (exact) mass is 532 g/mol. The van der Waals surface area contributed by atoms with Gasteiger partial charge < -0.3 is 19.2 Å². The number of fused-ring (bicyclic) bond motifs is 2. The van der Waals surface area contributed by atoms with E-state index in [1.165, 1.54) is 4.68 Å². The fourth-order valence-electron chi connectivity index (χ4n) is 5.11. The van der Waals surface area contributed by atoms with Gasteiger partial charge in [-0.15, -0.1) is 5.10 Å². The minimum absolute atomic E-state index is 0.0976. The summed E-state index contributed by atoms with van der Waals surface area (Å²) in [6, 6.07) is 11.6. The molecule has 0 saturated heterocycles. The maximum atomic E-state index is 13.3. The molecule has 3 heterocycles. The van der Waals surface area contributed by atoms with Gasteiger partial charge in [0.15, 0.2) is 17.3 Å². The van der Waals surface area contributed by atoms with Crippen LogP contribution in [0.5, 0.6) is 11.5 Å². The Hall–Kier alpha value is -4.25. The molecule has 1 aliphatic rings. The number of ether oxygens (including phenoxy) is 3. The van der Waals surface area contributed by atoms with Gasteiger partial charge in [0.25, 0.3) is 5.56 Å². The van der Waals surface area contributed by atoms with Gasteiger partial charge in [-0.1, -0.05) is 24.6 Å². The highest BCUT2D eigenvalue weighted by Crippen LogP contribution is 2.34. The summed E-state index contributed by atoms with van der Waals surface area (Å²) in [6.07, 6.45) is 0.636. The molecule has 4 aromatic rings. The minimum Gasteiger partial charge on any atom is -0.465 e. The van der Waals surface area contributed by atoms with Crippen molar-refractivity contribution in [2.45, 2.75) is 59.8 Å². The lowest BCUT2D eigenvalue weighted by molar-refractivity contribution is -0.144. The van der Waals surface area contributed by atoms with Crippen LogP contribution in [0.3, 0.4) is 0 Å². The summed E-state index contributed by atoms with van der Waals surface area (Å²) in [4.78, 5) is 30.7. The third kappa shape index (κ3) is 5.63. The quantitative estimate of drug-likeness (QED) is 0.305. The van der Waals surface area contributed by atoms with Crippen molar-refractivity contribution in [2.24, 2.45) is 0 Å². The normalized spacial score (nSPS) is 13.3. The first kappa shape index (κ1) is 26.4. The minimum atomic E-state index is -0.417. The Kier molecular flexibility index (Phi) is 7.60. The zero-order valence-corrected chi connectivity index (χ0v) is 22.6. The number of aromatic nitrogens is 5. The van der Waals surface area contributed by atoms with Crippen LogP contribution in [-0.4, -0.2) is 49.5 Å². The Labute approximate surface area is 225 Å². The molecule has 5 rings (SSSR count). The van der Waals surface area contributed by atoms with E-state index in [1.807, 2.05) is 45.0 Å². The summed E-state index contributed by atoms with van der Waals surface area (Å²) in [5.74, 6) is 1.49. The van der Waals surface area contributed by atoms with Crippen LogP contribution in [0, 0.1) is 13.8 Å². The number of hydrogen-bond donors (Lipinski definition) is 1. The number of carbonyl (C=O) groups excluding carboxylic acids is 1. The van der Waals surface area contributed by atoms with E-state index in [0.717, 1.165) is 27.6 Å². The molecule has 39 heavy (non-hydrogen) atoms. The Morgan fingerprint density at radius 1 is 1.13 bits per heavy atom. The van der Waals surface area contributed by atoms with Crippen molar-refractivity contribution < 1.29 is 19.0 Å². The van der Waals surface area contributed by atoms with Crippen LogP contribution < -0.4 is 15.0 Å². The van der Waals surface area contributed by atoms with E-state index in [4.69, 9.17) is 14.2 Å². The smallest absolute Gasteiger partial charge is 0.327 e. The van der Waals surface area contributed by atoms with Crippen LogP contribution in [0.2, 0.25) is 0 Å². The largest absolute Gasteiger partial charge is 0.465 e. The molecule has 0 saturated carbocycles. The van der Waals surface area contributed by atoms with E-state index in [9.17, 15) is 9.59 Å². The van der Waals surface area contributed by atoms with Gasteiger partial charge in [0.05, 0.1) is 18.2 Å². The van der Waals surface area contributed by atoms with Crippen LogP contribution in [-0.2, 0) is 29.2 Å². The molecular weight excluding hydrogens is 500 g/mol. The summed E-state index contributed by atoms with van der Waals surface area (Å²) in [5.41, 5.74) is 4.44. The highest BCUT2D eigenvalue weighted by atomic mass is 16.7. The van der Waals surface area contributed by atoms with Crippen LogP contribution in [0.1, 0.15) is 54.4 Å². The highest BCUT2D eigenvalue weighted by Gasteiger charge is 2.27. The van der Waals surface area contributed by atoms with E-state index < -0.39 is 5.97 Å². The van der Waals surface area contributed by atoms with Crippen molar-refractivity contribution in [2.75, 3.05) is 13.4 Å². The van der Waals surface area contributed by atoms with Crippen molar-refractivity contribution in [3.63, 3.8) is 0 Å². The van der Waals surface area contributed by atoms with Crippen LogP contribution >= 0.6 is 0 Å². The number of tetrazole rings is 1. The summed E-state index contributed by atoms with van der Waals surface area (Å²) >= 11 is 0. The molecule has 0 spiro atoms. The molecule has 11 heteroatoms. The summed E-state index contributed by atoms with van der Waals surface area (Å²) in [7, 11) is 0. The van der Waals surface area contributed by atoms with E-state index in [1.54, 1.807) is 6.92 Å². The molecule has 11 nitrogen and oxygen atoms in total. The lowest BCUT2D eigenvalue weighted by Crippen LogP contribution is -2.33. The fourth-order valence-corrected chi connectivity index (χ4v) is 5.11. The number of aryl methyl sites for hydroxylation is 2. The molecule has 0 amide bonds. The lowest BCUT2D eigenvalue weighted by atomic mass is 10.0. The zero-order chi connectivity index (χ0) is 27.5. The Morgan fingerprint density at radius 3 is 2.74 bits per heavy atom. The molecule has 0 bridgehead atoms. The molecule has 1 aliphatic heterocycles. The summed E-state index contributed by atoms with van der Waals surface area (Å²) < 4.78 is 17.6. The Bertz CT molecular complexity index is 1560. The molecular formula is C28H32N6O5. The van der Waals surface area contributed by atoms with Crippen molar-refractivity contribution in [1.82, 2.24) is 30.1 Å². The maximum Gasteiger partial charge on any atom is 0.327 e. The number of nitrogens with zero attached hydrogens (tertiary/aromatic N) is 5. The van der Waals surface area contributed by atoms with Gasteiger partial charge >= 0.3 is 5.97 Å². The van der Waals surface area contributed by atoms with Crippen LogP contribution in [0.25, 0.3) is 10.9 Å². The third-order valence-corrected chi connectivity index (χ3v) is 6.84. The second-order valence-electron chi connectivity index (χ2n) is 9.69. The molecule has 0 aliphatic carbocycles. The van der Waals surface area contributed by atoms with Crippen molar-refractivity contribution >= 4 is 16.9 Å². The molecule has 2 aromatic carbocycles. The zero-order valence-electron chi connectivity index (χ0n) is 22.6. The topological polar surface area (TPSA) is 124 Å². The number of carbonyl (C=O) groups is 1. The van der Waals surface area contributed by atoms with Gasteiger partial charge in [-0.05, 0) is 78.4 Å². The van der Waals surface area contributed by atoms with E-state index in [-0.39, 0.29) is 31.5 Å². The van der Waals surface area contributed by atoms with Crippen molar-refractivity contribution in [3.8, 4) is 11.5 Å². The number of nitrogens with one attached hydrogen (secondary N) is 1. The van der Waals surface area contributed by atoms with Crippen LogP contribution in [0.4, 0.5) is 0 Å². The first-order chi connectivity index (χ1) is 18.9. The van der Waals surface area contributed by atoms with Crippen molar-refractivity contribution in [1.29, 1.82) is 0 Å². The average molecular weight is 533 g/mol. The number of rotatable bonds is 10. The standard InChI is InChI=1S/C28H32N6O5/c1-5-22(27-30-31-32-34(27)15-25(35)37-6-2)33(13-19-7-8-23-24(11-19)39-16-38-23)14-21-12-20-10-17(3)9-18(4)26(20)29-28(21)36/h7-12,22H,5-6,13-16H2,1-4H3,(H,29,36)/t22-/m0/s1. The van der Waals surface area contributed by atoms with Gasteiger partial charge in [-0.2, -0.15) is 0 Å². The van der Waals surface area contributed by atoms with Crippen LogP contribution in [0.15, 0.2) is 41.2 Å². The first-order valence-electron chi connectivity index (χ1n) is 13.0. The van der Waals surface area contributed by atoms with E-state index in [2.05, 4.69) is 37.5 Å². The van der Waals surface area contributed by atoms with E-state index >= 15 is 0 Å². The van der Waals surface area contributed by atoms with Gasteiger partial charge in [0, 0.05) is 18.7 Å². The van der Waals surface area contributed by atoms with Crippen molar-refractivity contribution in [3.05, 3.63) is 74.8 Å². The molecule has 0 fully saturated rings. The second kappa shape index (κ2) is 11.2. The Morgan fingerprint density at radius 2 is 1.95 bits per heavy atom.